The van der Waals surface area contributed by atoms with Gasteiger partial charge in [-0.1, -0.05) is 6.92 Å². The van der Waals surface area contributed by atoms with Crippen LogP contribution in [0.2, 0.25) is 0 Å². The van der Waals surface area contributed by atoms with Crippen molar-refractivity contribution in [3.63, 3.8) is 0 Å². The average Bonchev–Trinajstić information content (AvgIpc) is 2.97. The smallest absolute Gasteiger partial charge is 0.306 e. The molecular formula is C16H26N2O4. The van der Waals surface area contributed by atoms with Crippen LogP contribution in [0, 0.1) is 5.92 Å². The summed E-state index contributed by atoms with van der Waals surface area (Å²) in [7, 11) is 0. The second-order valence-electron chi connectivity index (χ2n) is 6.39. The van der Waals surface area contributed by atoms with E-state index in [0.717, 1.165) is 19.3 Å². The lowest BCUT2D eigenvalue weighted by atomic mass is 9.86. The summed E-state index contributed by atoms with van der Waals surface area (Å²) >= 11 is 0. The van der Waals surface area contributed by atoms with Crippen LogP contribution >= 0.6 is 0 Å². The number of nitrogens with one attached hydrogen (secondary N) is 1. The number of carboxylic acids is 1. The molecule has 2 fully saturated rings. The van der Waals surface area contributed by atoms with Gasteiger partial charge in [0.05, 0.1) is 5.92 Å². The molecular weight excluding hydrogens is 284 g/mol. The summed E-state index contributed by atoms with van der Waals surface area (Å²) in [5.41, 5.74) is 0. The van der Waals surface area contributed by atoms with Gasteiger partial charge in [0.2, 0.25) is 11.8 Å². The quantitative estimate of drug-likeness (QED) is 0.806. The molecule has 124 valence electrons. The molecule has 1 saturated heterocycles. The second kappa shape index (κ2) is 7.61. The molecule has 2 amide bonds. The van der Waals surface area contributed by atoms with Gasteiger partial charge in [0.15, 0.2) is 0 Å². The molecule has 0 aromatic carbocycles. The topological polar surface area (TPSA) is 86.7 Å². The first-order valence-corrected chi connectivity index (χ1v) is 8.35. The van der Waals surface area contributed by atoms with Gasteiger partial charge in [0.1, 0.15) is 6.04 Å². The molecule has 0 bridgehead atoms. The normalized spacial score (nSPS) is 28.4. The predicted molar refractivity (Wildman–Crippen MR) is 81.2 cm³/mol. The van der Waals surface area contributed by atoms with E-state index in [-0.39, 0.29) is 29.8 Å². The van der Waals surface area contributed by atoms with Gasteiger partial charge in [-0.15, -0.1) is 0 Å². The summed E-state index contributed by atoms with van der Waals surface area (Å²) in [6.07, 6.45) is 5.53. The fourth-order valence-electron chi connectivity index (χ4n) is 3.48. The summed E-state index contributed by atoms with van der Waals surface area (Å²) in [5, 5.41) is 12.0. The van der Waals surface area contributed by atoms with Crippen LogP contribution in [0.5, 0.6) is 0 Å². The Balaban J connectivity index is 1.84. The maximum absolute atomic E-state index is 12.4. The van der Waals surface area contributed by atoms with Crippen molar-refractivity contribution in [1.29, 1.82) is 0 Å². The number of likely N-dealkylation sites (tertiary alicyclic amines) is 1. The molecule has 1 aliphatic carbocycles. The molecule has 6 nitrogen and oxygen atoms in total. The number of carbonyl (C=O) groups is 3. The standard InChI is InChI=1S/C16H26N2O4/c1-2-4-14(19)18-10-3-5-13(18)15(20)17-12-8-6-11(7-9-12)16(21)22/h11-13H,2-10H2,1H3,(H,17,20)(H,21,22). The molecule has 1 heterocycles. The van der Waals surface area contributed by atoms with E-state index in [0.29, 0.717) is 38.6 Å². The molecule has 0 aromatic rings. The number of amides is 2. The molecule has 0 aromatic heterocycles. The number of hydrogen-bond donors (Lipinski definition) is 2. The minimum atomic E-state index is -0.739. The largest absolute Gasteiger partial charge is 0.481 e. The molecule has 1 saturated carbocycles. The zero-order valence-electron chi connectivity index (χ0n) is 13.2. The van der Waals surface area contributed by atoms with Crippen molar-refractivity contribution in [3.05, 3.63) is 0 Å². The van der Waals surface area contributed by atoms with Crippen LogP contribution < -0.4 is 5.32 Å². The van der Waals surface area contributed by atoms with Crippen LogP contribution in [-0.2, 0) is 14.4 Å². The lowest BCUT2D eigenvalue weighted by Gasteiger charge is -2.30. The molecule has 6 heteroatoms. The first kappa shape index (κ1) is 16.8. The predicted octanol–water partition coefficient (Wildman–Crippen LogP) is 1.54. The highest BCUT2D eigenvalue weighted by Crippen LogP contribution is 2.25. The number of rotatable bonds is 5. The Bertz CT molecular complexity index is 430. The van der Waals surface area contributed by atoms with Crippen molar-refractivity contribution in [3.8, 4) is 0 Å². The Labute approximate surface area is 131 Å². The lowest BCUT2D eigenvalue weighted by Crippen LogP contribution is -2.49. The van der Waals surface area contributed by atoms with Gasteiger partial charge in [-0.05, 0) is 44.9 Å². The SMILES string of the molecule is CCCC(=O)N1CCCC1C(=O)NC1CCC(C(=O)O)CC1. The van der Waals surface area contributed by atoms with E-state index < -0.39 is 5.97 Å². The third-order valence-corrected chi connectivity index (χ3v) is 4.76. The Morgan fingerprint density at radius 2 is 1.82 bits per heavy atom. The molecule has 2 rings (SSSR count). The van der Waals surface area contributed by atoms with E-state index in [2.05, 4.69) is 5.32 Å². The van der Waals surface area contributed by atoms with Crippen LogP contribution in [0.15, 0.2) is 0 Å². The minimum absolute atomic E-state index is 0.0480. The summed E-state index contributed by atoms with van der Waals surface area (Å²) < 4.78 is 0. The number of nitrogens with zero attached hydrogens (tertiary/aromatic N) is 1. The Kier molecular flexibility index (Phi) is 5.80. The van der Waals surface area contributed by atoms with Gasteiger partial charge in [-0.2, -0.15) is 0 Å². The molecule has 0 spiro atoms. The van der Waals surface area contributed by atoms with Gasteiger partial charge in [0, 0.05) is 19.0 Å². The summed E-state index contributed by atoms with van der Waals surface area (Å²) in [4.78, 5) is 37.1. The fraction of sp³-hybridized carbons (Fsp3) is 0.812. The van der Waals surface area contributed by atoms with E-state index in [4.69, 9.17) is 5.11 Å². The van der Waals surface area contributed by atoms with Crippen molar-refractivity contribution in [2.45, 2.75) is 70.4 Å². The van der Waals surface area contributed by atoms with E-state index in [1.165, 1.54) is 0 Å². The average molecular weight is 310 g/mol. The van der Waals surface area contributed by atoms with Gasteiger partial charge in [0.25, 0.3) is 0 Å². The molecule has 1 aliphatic heterocycles. The van der Waals surface area contributed by atoms with Crippen molar-refractivity contribution >= 4 is 17.8 Å². The van der Waals surface area contributed by atoms with Crippen molar-refractivity contribution in [2.75, 3.05) is 6.54 Å². The zero-order valence-corrected chi connectivity index (χ0v) is 13.2. The number of carboxylic acid groups (broad SMARTS) is 1. The van der Waals surface area contributed by atoms with Crippen LogP contribution in [-0.4, -0.2) is 46.4 Å². The third kappa shape index (κ3) is 3.99. The summed E-state index contributed by atoms with van der Waals surface area (Å²) in [6.45, 7) is 2.63. The zero-order chi connectivity index (χ0) is 16.1. The first-order valence-electron chi connectivity index (χ1n) is 8.35. The lowest BCUT2D eigenvalue weighted by molar-refractivity contribution is -0.143. The highest BCUT2D eigenvalue weighted by molar-refractivity contribution is 5.88. The first-order chi connectivity index (χ1) is 10.5. The number of carbonyl (C=O) groups excluding carboxylic acids is 2. The highest BCUT2D eigenvalue weighted by atomic mass is 16.4. The molecule has 0 radical (unpaired) electrons. The van der Waals surface area contributed by atoms with Crippen LogP contribution in [0.1, 0.15) is 58.3 Å². The van der Waals surface area contributed by atoms with E-state index >= 15 is 0 Å². The van der Waals surface area contributed by atoms with Crippen molar-refractivity contribution < 1.29 is 19.5 Å². The van der Waals surface area contributed by atoms with E-state index in [9.17, 15) is 14.4 Å². The Morgan fingerprint density at radius 1 is 1.14 bits per heavy atom. The minimum Gasteiger partial charge on any atom is -0.481 e. The number of aliphatic carboxylic acids is 1. The third-order valence-electron chi connectivity index (χ3n) is 4.76. The fourth-order valence-corrected chi connectivity index (χ4v) is 3.48. The van der Waals surface area contributed by atoms with Crippen molar-refractivity contribution in [1.82, 2.24) is 10.2 Å². The second-order valence-corrected chi connectivity index (χ2v) is 6.39. The van der Waals surface area contributed by atoms with E-state index in [1.807, 2.05) is 6.92 Å². The monoisotopic (exact) mass is 310 g/mol. The summed E-state index contributed by atoms with van der Waals surface area (Å²) in [5.74, 6) is -1.02. The maximum atomic E-state index is 12.4. The Morgan fingerprint density at radius 3 is 2.41 bits per heavy atom. The van der Waals surface area contributed by atoms with Crippen LogP contribution in [0.25, 0.3) is 0 Å². The molecule has 1 atom stereocenters. The van der Waals surface area contributed by atoms with E-state index in [1.54, 1.807) is 4.90 Å². The van der Waals surface area contributed by atoms with Gasteiger partial charge in [-0.3, -0.25) is 14.4 Å². The molecule has 1 unspecified atom stereocenters. The highest BCUT2D eigenvalue weighted by Gasteiger charge is 2.35. The van der Waals surface area contributed by atoms with Gasteiger partial charge < -0.3 is 15.3 Å². The molecule has 2 aliphatic rings. The van der Waals surface area contributed by atoms with Gasteiger partial charge >= 0.3 is 5.97 Å². The van der Waals surface area contributed by atoms with Crippen LogP contribution in [0.3, 0.4) is 0 Å². The molecule has 22 heavy (non-hydrogen) atoms. The molecule has 2 N–H and O–H groups in total. The van der Waals surface area contributed by atoms with Gasteiger partial charge in [-0.25, -0.2) is 0 Å². The Hall–Kier alpha value is -1.59. The number of hydrogen-bond acceptors (Lipinski definition) is 3. The van der Waals surface area contributed by atoms with Crippen LogP contribution in [0.4, 0.5) is 0 Å². The summed E-state index contributed by atoms with van der Waals surface area (Å²) in [6, 6.07) is -0.289. The van der Waals surface area contributed by atoms with Crippen molar-refractivity contribution in [2.24, 2.45) is 5.92 Å². The maximum Gasteiger partial charge on any atom is 0.306 e.